The number of fused-ring (bicyclic) bond motifs is 1. The summed E-state index contributed by atoms with van der Waals surface area (Å²) in [7, 11) is -3.76. The molecule has 0 amide bonds. The van der Waals surface area contributed by atoms with Gasteiger partial charge < -0.3 is 14.6 Å². The lowest BCUT2D eigenvalue weighted by Crippen LogP contribution is -2.46. The molecule has 0 atom stereocenters. The highest BCUT2D eigenvalue weighted by Gasteiger charge is 2.22. The molecule has 1 aliphatic rings. The summed E-state index contributed by atoms with van der Waals surface area (Å²) in [5.74, 6) is 1.24. The van der Waals surface area contributed by atoms with Gasteiger partial charge in [-0.15, -0.1) is 0 Å². The molecule has 166 valence electrons. The fraction of sp³-hybridized carbons (Fsp3) is 0.409. The van der Waals surface area contributed by atoms with Crippen molar-refractivity contribution >= 4 is 26.7 Å². The molecule has 0 bridgehead atoms. The monoisotopic (exact) mass is 443 g/mol. The second-order valence-electron chi connectivity index (χ2n) is 7.98. The van der Waals surface area contributed by atoms with Gasteiger partial charge in [-0.25, -0.2) is 18.5 Å². The highest BCUT2D eigenvalue weighted by molar-refractivity contribution is 7.89. The number of sulfonamides is 1. The maximum atomic E-state index is 11.7. The smallest absolute Gasteiger partial charge is 0.238 e. The van der Waals surface area contributed by atoms with Crippen molar-refractivity contribution in [2.45, 2.75) is 37.8 Å². The van der Waals surface area contributed by atoms with Crippen molar-refractivity contribution in [1.82, 2.24) is 14.5 Å². The van der Waals surface area contributed by atoms with E-state index >= 15 is 0 Å². The van der Waals surface area contributed by atoms with Crippen molar-refractivity contribution < 1.29 is 13.5 Å². The Balaban J connectivity index is 1.54. The zero-order valence-corrected chi connectivity index (χ0v) is 18.6. The Morgan fingerprint density at radius 3 is 2.52 bits per heavy atom. The number of phenols is 1. The van der Waals surface area contributed by atoms with Gasteiger partial charge in [0.05, 0.1) is 28.2 Å². The highest BCUT2D eigenvalue weighted by atomic mass is 32.2. The van der Waals surface area contributed by atoms with Crippen molar-refractivity contribution in [3.05, 3.63) is 48.3 Å². The number of aryl methyl sites for hydroxylation is 1. The number of aromatic hydroxyl groups is 1. The number of anilines is 1. The zero-order valence-electron chi connectivity index (χ0n) is 17.7. The molecule has 0 aliphatic carbocycles. The topological polar surface area (TPSA) is 105 Å². The molecular weight excluding hydrogens is 414 g/mol. The minimum atomic E-state index is -3.76. The summed E-state index contributed by atoms with van der Waals surface area (Å²) in [5, 5.41) is 15.4. The SMILES string of the molecule is CCCCn1c(CN2CCN(c3ccccc3O)CC2)nc2cc(S(N)(=O)=O)ccc21. The molecule has 0 unspecified atom stereocenters. The van der Waals surface area contributed by atoms with E-state index in [1.54, 1.807) is 24.3 Å². The van der Waals surface area contributed by atoms with Crippen LogP contribution in [0.4, 0.5) is 5.69 Å². The Labute approximate surface area is 183 Å². The normalized spacial score (nSPS) is 15.6. The number of phenolic OH excluding ortho intramolecular Hbond substituents is 1. The summed E-state index contributed by atoms with van der Waals surface area (Å²) >= 11 is 0. The van der Waals surface area contributed by atoms with Gasteiger partial charge in [-0.3, -0.25) is 4.90 Å². The van der Waals surface area contributed by atoms with Gasteiger partial charge >= 0.3 is 0 Å². The molecular formula is C22H29N5O3S. The van der Waals surface area contributed by atoms with E-state index in [1.807, 2.05) is 18.2 Å². The number of piperazine rings is 1. The standard InChI is InChI=1S/C22H29N5O3S/c1-2-3-10-27-19-9-8-17(31(23,29)30)15-18(19)24-22(27)16-25-11-13-26(14-12-25)20-6-4-5-7-21(20)28/h4-9,15,28H,2-3,10-14,16H2,1H3,(H2,23,29,30). The van der Waals surface area contributed by atoms with Crippen LogP contribution < -0.4 is 10.0 Å². The van der Waals surface area contributed by atoms with Gasteiger partial charge in [-0.2, -0.15) is 0 Å². The van der Waals surface area contributed by atoms with Crippen LogP contribution in [0.5, 0.6) is 5.75 Å². The first kappa shape index (κ1) is 21.6. The van der Waals surface area contributed by atoms with Gasteiger partial charge in [0.25, 0.3) is 0 Å². The summed E-state index contributed by atoms with van der Waals surface area (Å²) in [6, 6.07) is 12.3. The number of benzene rings is 2. The fourth-order valence-electron chi connectivity index (χ4n) is 4.10. The van der Waals surface area contributed by atoms with E-state index in [1.165, 1.54) is 0 Å². The highest BCUT2D eigenvalue weighted by Crippen LogP contribution is 2.28. The van der Waals surface area contributed by atoms with E-state index < -0.39 is 10.0 Å². The Kier molecular flexibility index (Phi) is 6.17. The van der Waals surface area contributed by atoms with Gasteiger partial charge in [0, 0.05) is 32.7 Å². The third-order valence-corrected chi connectivity index (χ3v) is 6.73. The van der Waals surface area contributed by atoms with E-state index in [-0.39, 0.29) is 4.90 Å². The van der Waals surface area contributed by atoms with E-state index in [0.29, 0.717) is 17.8 Å². The molecule has 1 saturated heterocycles. The molecule has 9 heteroatoms. The molecule has 2 heterocycles. The molecule has 1 aliphatic heterocycles. The lowest BCUT2D eigenvalue weighted by atomic mass is 10.2. The first-order valence-electron chi connectivity index (χ1n) is 10.6. The van der Waals surface area contributed by atoms with E-state index in [0.717, 1.165) is 62.6 Å². The minimum Gasteiger partial charge on any atom is -0.506 e. The third-order valence-electron chi connectivity index (χ3n) is 5.82. The maximum Gasteiger partial charge on any atom is 0.238 e. The summed E-state index contributed by atoms with van der Waals surface area (Å²) in [5.41, 5.74) is 2.46. The quantitative estimate of drug-likeness (QED) is 0.581. The second kappa shape index (κ2) is 8.86. The maximum absolute atomic E-state index is 11.7. The molecule has 0 saturated carbocycles. The third kappa shape index (κ3) is 4.68. The van der Waals surface area contributed by atoms with Crippen LogP contribution in [0.25, 0.3) is 11.0 Å². The minimum absolute atomic E-state index is 0.0861. The van der Waals surface area contributed by atoms with Crippen molar-refractivity contribution in [2.24, 2.45) is 5.14 Å². The summed E-state index contributed by atoms with van der Waals surface area (Å²) in [6.07, 6.45) is 2.09. The zero-order chi connectivity index (χ0) is 22.0. The Hall–Kier alpha value is -2.62. The molecule has 3 aromatic rings. The molecule has 2 aromatic carbocycles. The van der Waals surface area contributed by atoms with Crippen LogP contribution in [-0.4, -0.2) is 54.2 Å². The number of hydrogen-bond acceptors (Lipinski definition) is 6. The summed E-state index contributed by atoms with van der Waals surface area (Å²) in [4.78, 5) is 9.41. The number of nitrogens with zero attached hydrogens (tertiary/aromatic N) is 4. The van der Waals surface area contributed by atoms with Gasteiger partial charge in [0.15, 0.2) is 0 Å². The number of hydrogen-bond donors (Lipinski definition) is 2. The van der Waals surface area contributed by atoms with Crippen LogP contribution in [0.3, 0.4) is 0 Å². The largest absolute Gasteiger partial charge is 0.506 e. The molecule has 8 nitrogen and oxygen atoms in total. The van der Waals surface area contributed by atoms with Crippen LogP contribution in [0.1, 0.15) is 25.6 Å². The van der Waals surface area contributed by atoms with Crippen molar-refractivity contribution in [2.75, 3.05) is 31.1 Å². The summed E-state index contributed by atoms with van der Waals surface area (Å²) < 4.78 is 25.7. The Morgan fingerprint density at radius 2 is 1.84 bits per heavy atom. The summed E-state index contributed by atoms with van der Waals surface area (Å²) in [6.45, 7) is 7.04. The lowest BCUT2D eigenvalue weighted by molar-refractivity contribution is 0.240. The Morgan fingerprint density at radius 1 is 1.10 bits per heavy atom. The molecule has 3 N–H and O–H groups in total. The van der Waals surface area contributed by atoms with Crippen molar-refractivity contribution in [3.63, 3.8) is 0 Å². The number of aromatic nitrogens is 2. The van der Waals surface area contributed by atoms with Gasteiger partial charge in [0.2, 0.25) is 10.0 Å². The number of nitrogens with two attached hydrogens (primary N) is 1. The lowest BCUT2D eigenvalue weighted by Gasteiger charge is -2.36. The van der Waals surface area contributed by atoms with Crippen molar-refractivity contribution in [1.29, 1.82) is 0 Å². The second-order valence-corrected chi connectivity index (χ2v) is 9.54. The molecule has 31 heavy (non-hydrogen) atoms. The van der Waals surface area contributed by atoms with Crippen molar-refractivity contribution in [3.8, 4) is 5.75 Å². The average molecular weight is 444 g/mol. The molecule has 0 spiro atoms. The van der Waals surface area contributed by atoms with Crippen LogP contribution >= 0.6 is 0 Å². The van der Waals surface area contributed by atoms with Crippen LogP contribution in [0.2, 0.25) is 0 Å². The molecule has 0 radical (unpaired) electrons. The van der Waals surface area contributed by atoms with Crippen LogP contribution in [-0.2, 0) is 23.1 Å². The van der Waals surface area contributed by atoms with Crippen LogP contribution in [0.15, 0.2) is 47.4 Å². The average Bonchev–Trinajstić information content (AvgIpc) is 3.09. The van der Waals surface area contributed by atoms with Gasteiger partial charge in [-0.05, 0) is 36.8 Å². The first-order chi connectivity index (χ1) is 14.9. The number of unbranched alkanes of at least 4 members (excludes halogenated alkanes) is 1. The van der Waals surface area contributed by atoms with E-state index in [4.69, 9.17) is 10.1 Å². The molecule has 1 fully saturated rings. The number of para-hydroxylation sites is 2. The van der Waals surface area contributed by atoms with E-state index in [9.17, 15) is 13.5 Å². The van der Waals surface area contributed by atoms with Gasteiger partial charge in [-0.1, -0.05) is 25.5 Å². The fourth-order valence-corrected chi connectivity index (χ4v) is 4.63. The molecule has 1 aromatic heterocycles. The predicted molar refractivity (Wildman–Crippen MR) is 122 cm³/mol. The molecule has 4 rings (SSSR count). The van der Waals surface area contributed by atoms with E-state index in [2.05, 4.69) is 21.3 Å². The van der Waals surface area contributed by atoms with Gasteiger partial charge in [0.1, 0.15) is 11.6 Å². The van der Waals surface area contributed by atoms with Crippen LogP contribution in [0, 0.1) is 0 Å². The first-order valence-corrected chi connectivity index (χ1v) is 12.2. The Bertz CT molecular complexity index is 1170. The predicted octanol–water partition coefficient (Wildman–Crippen LogP) is 2.51. The number of imidazole rings is 1. The number of primary sulfonamides is 1. The number of rotatable bonds is 7.